The summed E-state index contributed by atoms with van der Waals surface area (Å²) in [5.41, 5.74) is 5.15. The van der Waals surface area contributed by atoms with Crippen molar-refractivity contribution in [2.45, 2.75) is 20.4 Å². The molecule has 28 heavy (non-hydrogen) atoms. The van der Waals surface area contributed by atoms with Crippen LogP contribution in [0.1, 0.15) is 16.7 Å². The molecule has 1 amide bonds. The van der Waals surface area contributed by atoms with E-state index in [-0.39, 0.29) is 5.91 Å². The molecule has 2 aromatic rings. The molecule has 2 aromatic carbocycles. The number of benzene rings is 2. The number of carbonyl (C=O) groups excluding carboxylic acids is 1. The molecule has 1 heterocycles. The molecule has 0 aromatic heterocycles. The second-order valence-corrected chi connectivity index (χ2v) is 7.73. The van der Waals surface area contributed by atoms with Gasteiger partial charge >= 0.3 is 0 Å². The minimum atomic E-state index is 0.200. The van der Waals surface area contributed by atoms with Crippen molar-refractivity contribution in [2.24, 2.45) is 0 Å². The van der Waals surface area contributed by atoms with E-state index >= 15 is 0 Å². The molecule has 0 saturated carbocycles. The summed E-state index contributed by atoms with van der Waals surface area (Å²) < 4.78 is 5.19. The third-order valence-electron chi connectivity index (χ3n) is 5.79. The monoisotopic (exact) mass is 382 g/mol. The highest BCUT2D eigenvalue weighted by Gasteiger charge is 2.24. The number of aryl methyl sites for hydroxylation is 1. The molecule has 1 N–H and O–H groups in total. The molecular formula is C23H32N3O2+. The molecule has 0 bridgehead atoms. The van der Waals surface area contributed by atoms with E-state index < -0.39 is 0 Å². The zero-order valence-electron chi connectivity index (χ0n) is 17.5. The number of carbonyl (C=O) groups is 1. The molecule has 0 unspecified atom stereocenters. The zero-order chi connectivity index (χ0) is 20.1. The lowest BCUT2D eigenvalue weighted by molar-refractivity contribution is -0.892. The number of likely N-dealkylation sites (N-methyl/N-ethyl adjacent to an activating group) is 1. The predicted octanol–water partition coefficient (Wildman–Crippen LogP) is 1.68. The van der Waals surface area contributed by atoms with Gasteiger partial charge in [-0.3, -0.25) is 4.79 Å². The Morgan fingerprint density at radius 3 is 2.43 bits per heavy atom. The van der Waals surface area contributed by atoms with Crippen molar-refractivity contribution in [3.63, 3.8) is 0 Å². The number of amides is 1. The normalized spacial score (nSPS) is 14.8. The molecule has 1 aliphatic heterocycles. The topological polar surface area (TPSA) is 37.2 Å². The molecule has 3 rings (SSSR count). The minimum Gasteiger partial charge on any atom is -0.497 e. The second kappa shape index (κ2) is 9.11. The number of rotatable bonds is 6. The van der Waals surface area contributed by atoms with E-state index in [9.17, 15) is 4.79 Å². The fourth-order valence-corrected chi connectivity index (χ4v) is 3.76. The van der Waals surface area contributed by atoms with Crippen molar-refractivity contribution in [2.75, 3.05) is 51.8 Å². The summed E-state index contributed by atoms with van der Waals surface area (Å²) in [6.45, 7) is 9.53. The van der Waals surface area contributed by atoms with Crippen molar-refractivity contribution in [3.05, 3.63) is 59.2 Å². The Morgan fingerprint density at radius 1 is 1.11 bits per heavy atom. The third kappa shape index (κ3) is 4.84. The van der Waals surface area contributed by atoms with Gasteiger partial charge in [0.25, 0.3) is 5.91 Å². The first-order valence-corrected chi connectivity index (χ1v) is 9.99. The van der Waals surface area contributed by atoms with Gasteiger partial charge in [0.15, 0.2) is 6.54 Å². The molecule has 150 valence electrons. The van der Waals surface area contributed by atoms with Gasteiger partial charge in [-0.1, -0.05) is 24.3 Å². The van der Waals surface area contributed by atoms with Gasteiger partial charge in [0.1, 0.15) is 5.75 Å². The summed E-state index contributed by atoms with van der Waals surface area (Å²) in [6.07, 6.45) is 0. The van der Waals surface area contributed by atoms with Crippen molar-refractivity contribution < 1.29 is 14.4 Å². The Hall–Kier alpha value is -2.53. The van der Waals surface area contributed by atoms with Crippen molar-refractivity contribution in [3.8, 4) is 5.75 Å². The Morgan fingerprint density at radius 2 is 1.79 bits per heavy atom. The molecule has 1 aliphatic rings. The summed E-state index contributed by atoms with van der Waals surface area (Å²) in [7, 11) is 3.55. The van der Waals surface area contributed by atoms with E-state index in [1.54, 1.807) is 7.11 Å². The van der Waals surface area contributed by atoms with Gasteiger partial charge in [-0.2, -0.15) is 0 Å². The van der Waals surface area contributed by atoms with Crippen LogP contribution >= 0.6 is 0 Å². The summed E-state index contributed by atoms with van der Waals surface area (Å²) >= 11 is 0. The van der Waals surface area contributed by atoms with Crippen LogP contribution in [0.15, 0.2) is 42.5 Å². The maximum atomic E-state index is 12.7. The van der Waals surface area contributed by atoms with Crippen LogP contribution in [0, 0.1) is 13.8 Å². The van der Waals surface area contributed by atoms with Gasteiger partial charge in [-0.15, -0.1) is 0 Å². The summed E-state index contributed by atoms with van der Waals surface area (Å²) in [6, 6.07) is 14.4. The van der Waals surface area contributed by atoms with Crippen molar-refractivity contribution in [1.29, 1.82) is 0 Å². The molecule has 1 saturated heterocycles. The van der Waals surface area contributed by atoms with E-state index in [0.717, 1.165) is 37.5 Å². The van der Waals surface area contributed by atoms with E-state index in [1.165, 1.54) is 21.7 Å². The standard InChI is InChI=1S/C23H31N3O2/c1-18-6-5-7-22(19(18)2)26-14-12-25(13-15-26)17-23(27)24(3)16-20-8-10-21(28-4)11-9-20/h5-11H,12-17H2,1-4H3/p+1. The number of anilines is 1. The second-order valence-electron chi connectivity index (χ2n) is 7.73. The Balaban J connectivity index is 1.49. The number of methoxy groups -OCH3 is 1. The van der Waals surface area contributed by atoms with Crippen LogP contribution in [0.25, 0.3) is 0 Å². The molecular weight excluding hydrogens is 350 g/mol. The number of ether oxygens (including phenoxy) is 1. The summed E-state index contributed by atoms with van der Waals surface area (Å²) in [5.74, 6) is 1.04. The number of hydrogen-bond acceptors (Lipinski definition) is 3. The molecule has 0 radical (unpaired) electrons. The first kappa shape index (κ1) is 20.2. The highest BCUT2D eigenvalue weighted by atomic mass is 16.5. The lowest BCUT2D eigenvalue weighted by Gasteiger charge is -2.35. The summed E-state index contributed by atoms with van der Waals surface area (Å²) in [5, 5.41) is 0. The minimum absolute atomic E-state index is 0.200. The molecule has 1 fully saturated rings. The number of piperazine rings is 1. The number of nitrogens with zero attached hydrogens (tertiary/aromatic N) is 2. The maximum Gasteiger partial charge on any atom is 0.277 e. The molecule has 5 nitrogen and oxygen atoms in total. The smallest absolute Gasteiger partial charge is 0.277 e. The lowest BCUT2D eigenvalue weighted by atomic mass is 10.1. The van der Waals surface area contributed by atoms with Crippen LogP contribution in [-0.2, 0) is 11.3 Å². The number of quaternary nitrogens is 1. The Labute approximate surface area is 168 Å². The van der Waals surface area contributed by atoms with Crippen LogP contribution in [0.3, 0.4) is 0 Å². The van der Waals surface area contributed by atoms with E-state index in [1.807, 2.05) is 36.2 Å². The van der Waals surface area contributed by atoms with Crippen LogP contribution in [-0.4, -0.2) is 57.7 Å². The molecule has 0 spiro atoms. The highest BCUT2D eigenvalue weighted by Crippen LogP contribution is 2.22. The Kier molecular flexibility index (Phi) is 6.57. The van der Waals surface area contributed by atoms with E-state index in [0.29, 0.717) is 13.1 Å². The lowest BCUT2D eigenvalue weighted by Crippen LogP contribution is -3.15. The first-order chi connectivity index (χ1) is 13.5. The zero-order valence-corrected chi connectivity index (χ0v) is 17.5. The summed E-state index contributed by atoms with van der Waals surface area (Å²) in [4.78, 5) is 18.3. The molecule has 5 heteroatoms. The maximum absolute atomic E-state index is 12.7. The fraction of sp³-hybridized carbons (Fsp3) is 0.435. The van der Waals surface area contributed by atoms with Crippen LogP contribution in [0.5, 0.6) is 5.75 Å². The first-order valence-electron chi connectivity index (χ1n) is 9.99. The quantitative estimate of drug-likeness (QED) is 0.826. The number of nitrogens with one attached hydrogen (secondary N) is 1. The number of hydrogen-bond donors (Lipinski definition) is 1. The van der Waals surface area contributed by atoms with Crippen LogP contribution < -0.4 is 14.5 Å². The van der Waals surface area contributed by atoms with E-state index in [4.69, 9.17) is 4.74 Å². The fourth-order valence-electron chi connectivity index (χ4n) is 3.76. The van der Waals surface area contributed by atoms with Crippen LogP contribution in [0.2, 0.25) is 0 Å². The van der Waals surface area contributed by atoms with Gasteiger partial charge in [0, 0.05) is 19.3 Å². The van der Waals surface area contributed by atoms with Gasteiger partial charge < -0.3 is 19.4 Å². The largest absolute Gasteiger partial charge is 0.497 e. The van der Waals surface area contributed by atoms with Gasteiger partial charge in [-0.25, -0.2) is 0 Å². The van der Waals surface area contributed by atoms with Crippen LogP contribution in [0.4, 0.5) is 5.69 Å². The Bertz CT molecular complexity index is 796. The van der Waals surface area contributed by atoms with Crippen molar-refractivity contribution in [1.82, 2.24) is 4.90 Å². The predicted molar refractivity (Wildman–Crippen MR) is 113 cm³/mol. The molecule has 0 atom stereocenters. The average Bonchev–Trinajstić information content (AvgIpc) is 2.71. The highest BCUT2D eigenvalue weighted by molar-refractivity contribution is 5.76. The van der Waals surface area contributed by atoms with Gasteiger partial charge in [0.2, 0.25) is 0 Å². The van der Waals surface area contributed by atoms with Gasteiger partial charge in [-0.05, 0) is 48.7 Å². The average molecular weight is 383 g/mol. The third-order valence-corrected chi connectivity index (χ3v) is 5.79. The van der Waals surface area contributed by atoms with Crippen molar-refractivity contribution >= 4 is 11.6 Å². The SMILES string of the molecule is COc1ccc(CN(C)C(=O)C[NH+]2CCN(c3cccc(C)c3C)CC2)cc1. The molecule has 0 aliphatic carbocycles. The van der Waals surface area contributed by atoms with E-state index in [2.05, 4.69) is 36.9 Å². The van der Waals surface area contributed by atoms with Gasteiger partial charge in [0.05, 0.1) is 33.3 Å².